The fourth-order valence-corrected chi connectivity index (χ4v) is 7.18. The van der Waals surface area contributed by atoms with Gasteiger partial charge in [0.05, 0.1) is 11.0 Å². The van der Waals surface area contributed by atoms with Crippen molar-refractivity contribution in [3.63, 3.8) is 0 Å². The Balaban J connectivity index is 1.27. The standard InChI is InChI=1S/C41H24N4/c1-2-11-27(12-3-1)39-42-40(28-21-22-30-32-17-8-13-26-14-9-18-33(37(26)32)35(30)24-28)44-41(43-39)45-36-19-7-6-16-31(36)34-23-20-25-10-4-5-15-29(25)38(34)45/h1-24H. The van der Waals surface area contributed by atoms with Crippen molar-refractivity contribution in [1.82, 2.24) is 19.5 Å². The van der Waals surface area contributed by atoms with E-state index in [1.54, 1.807) is 0 Å². The highest BCUT2D eigenvalue weighted by Crippen LogP contribution is 2.48. The van der Waals surface area contributed by atoms with Crippen LogP contribution in [0.4, 0.5) is 0 Å². The van der Waals surface area contributed by atoms with Gasteiger partial charge in [-0.05, 0) is 50.5 Å². The van der Waals surface area contributed by atoms with Gasteiger partial charge in [-0.25, -0.2) is 4.98 Å². The predicted molar refractivity (Wildman–Crippen MR) is 184 cm³/mol. The van der Waals surface area contributed by atoms with E-state index in [1.165, 1.54) is 49.2 Å². The van der Waals surface area contributed by atoms with E-state index >= 15 is 0 Å². The van der Waals surface area contributed by atoms with E-state index in [9.17, 15) is 0 Å². The van der Waals surface area contributed by atoms with Crippen molar-refractivity contribution in [1.29, 1.82) is 0 Å². The molecule has 0 bridgehead atoms. The summed E-state index contributed by atoms with van der Waals surface area (Å²) in [6.07, 6.45) is 0. The molecule has 10 rings (SSSR count). The van der Waals surface area contributed by atoms with Gasteiger partial charge in [0, 0.05) is 27.3 Å². The molecule has 4 heteroatoms. The summed E-state index contributed by atoms with van der Waals surface area (Å²) in [5.41, 5.74) is 9.07. The Morgan fingerprint density at radius 2 is 1.09 bits per heavy atom. The maximum atomic E-state index is 5.24. The number of aromatic nitrogens is 4. The minimum atomic E-state index is 0.604. The van der Waals surface area contributed by atoms with Crippen LogP contribution in [0.2, 0.25) is 0 Å². The van der Waals surface area contributed by atoms with Gasteiger partial charge < -0.3 is 0 Å². The van der Waals surface area contributed by atoms with Crippen LogP contribution in [0.5, 0.6) is 0 Å². The lowest BCUT2D eigenvalue weighted by atomic mass is 10.0. The minimum absolute atomic E-state index is 0.604. The average Bonchev–Trinajstić information content (AvgIpc) is 3.63. The molecular formula is C41H24N4. The third-order valence-electron chi connectivity index (χ3n) is 9.18. The number of benzene rings is 7. The van der Waals surface area contributed by atoms with Crippen LogP contribution < -0.4 is 0 Å². The first-order valence-electron chi connectivity index (χ1n) is 15.2. The number of rotatable bonds is 3. The van der Waals surface area contributed by atoms with Gasteiger partial charge in [-0.3, -0.25) is 4.57 Å². The number of para-hydroxylation sites is 1. The summed E-state index contributed by atoms with van der Waals surface area (Å²) in [6.45, 7) is 0. The maximum absolute atomic E-state index is 5.24. The van der Waals surface area contributed by atoms with Gasteiger partial charge >= 0.3 is 0 Å². The third kappa shape index (κ3) is 3.51. The summed E-state index contributed by atoms with van der Waals surface area (Å²) < 4.78 is 2.22. The highest BCUT2D eigenvalue weighted by molar-refractivity contribution is 6.18. The van der Waals surface area contributed by atoms with E-state index in [0.29, 0.717) is 17.6 Å². The number of hydrogen-bond donors (Lipinski definition) is 0. The Kier molecular flexibility index (Phi) is 4.96. The third-order valence-corrected chi connectivity index (χ3v) is 9.18. The van der Waals surface area contributed by atoms with Gasteiger partial charge in [-0.2, -0.15) is 9.97 Å². The Hall–Kier alpha value is -6.13. The fourth-order valence-electron chi connectivity index (χ4n) is 7.18. The van der Waals surface area contributed by atoms with E-state index in [0.717, 1.165) is 27.5 Å². The second-order valence-electron chi connectivity index (χ2n) is 11.7. The lowest BCUT2D eigenvalue weighted by Gasteiger charge is -2.12. The number of nitrogens with zero attached hydrogens (tertiary/aromatic N) is 4. The zero-order chi connectivity index (χ0) is 29.5. The summed E-state index contributed by atoms with van der Waals surface area (Å²) in [7, 11) is 0. The molecule has 0 N–H and O–H groups in total. The molecule has 0 aliphatic heterocycles. The van der Waals surface area contributed by atoms with Gasteiger partial charge in [0.2, 0.25) is 5.95 Å². The van der Waals surface area contributed by atoms with Crippen LogP contribution in [0.15, 0.2) is 146 Å². The van der Waals surface area contributed by atoms with Crippen LogP contribution in [-0.2, 0) is 0 Å². The van der Waals surface area contributed by atoms with Crippen LogP contribution in [0.3, 0.4) is 0 Å². The average molecular weight is 573 g/mol. The summed E-state index contributed by atoms with van der Waals surface area (Å²) >= 11 is 0. The van der Waals surface area contributed by atoms with E-state index in [2.05, 4.69) is 132 Å². The summed E-state index contributed by atoms with van der Waals surface area (Å²) in [5.74, 6) is 1.90. The molecule has 208 valence electrons. The van der Waals surface area contributed by atoms with Gasteiger partial charge in [0.1, 0.15) is 0 Å². The van der Waals surface area contributed by atoms with E-state index in [4.69, 9.17) is 15.0 Å². The molecule has 4 nitrogen and oxygen atoms in total. The maximum Gasteiger partial charge on any atom is 0.238 e. The molecule has 2 aromatic heterocycles. The second-order valence-corrected chi connectivity index (χ2v) is 11.7. The number of fused-ring (bicyclic) bond motifs is 8. The molecule has 45 heavy (non-hydrogen) atoms. The van der Waals surface area contributed by atoms with Crippen molar-refractivity contribution in [3.05, 3.63) is 146 Å². The van der Waals surface area contributed by atoms with Crippen LogP contribution in [-0.4, -0.2) is 19.5 Å². The molecule has 9 aromatic rings. The Morgan fingerprint density at radius 3 is 1.93 bits per heavy atom. The van der Waals surface area contributed by atoms with Crippen molar-refractivity contribution in [2.75, 3.05) is 0 Å². The smallest absolute Gasteiger partial charge is 0.238 e. The van der Waals surface area contributed by atoms with E-state index in [-0.39, 0.29) is 0 Å². The van der Waals surface area contributed by atoms with E-state index < -0.39 is 0 Å². The zero-order valence-electron chi connectivity index (χ0n) is 24.1. The van der Waals surface area contributed by atoms with Crippen molar-refractivity contribution in [2.24, 2.45) is 0 Å². The quantitative estimate of drug-likeness (QED) is 0.212. The van der Waals surface area contributed by atoms with E-state index in [1.807, 2.05) is 18.2 Å². The molecule has 0 amide bonds. The molecule has 0 saturated heterocycles. The minimum Gasteiger partial charge on any atom is -0.277 e. The van der Waals surface area contributed by atoms with Crippen LogP contribution in [0, 0.1) is 0 Å². The molecular weight excluding hydrogens is 548 g/mol. The predicted octanol–water partition coefficient (Wildman–Crippen LogP) is 10.3. The van der Waals surface area contributed by atoms with Crippen molar-refractivity contribution >= 4 is 43.4 Å². The molecule has 0 spiro atoms. The lowest BCUT2D eigenvalue weighted by Crippen LogP contribution is -2.06. The summed E-state index contributed by atoms with van der Waals surface area (Å²) in [5, 5.41) is 7.26. The monoisotopic (exact) mass is 572 g/mol. The molecule has 2 heterocycles. The van der Waals surface area contributed by atoms with Crippen LogP contribution in [0.1, 0.15) is 0 Å². The summed E-state index contributed by atoms with van der Waals surface area (Å²) in [4.78, 5) is 15.5. The molecule has 0 atom stereocenters. The first-order chi connectivity index (χ1) is 22.3. The van der Waals surface area contributed by atoms with Gasteiger partial charge in [-0.1, -0.05) is 133 Å². The fraction of sp³-hybridized carbons (Fsp3) is 0. The lowest BCUT2D eigenvalue weighted by molar-refractivity contribution is 0.955. The Bertz CT molecular complexity index is 2650. The van der Waals surface area contributed by atoms with Gasteiger partial charge in [0.25, 0.3) is 0 Å². The van der Waals surface area contributed by atoms with Crippen molar-refractivity contribution < 1.29 is 0 Å². The Morgan fingerprint density at radius 1 is 0.400 bits per heavy atom. The molecule has 0 unspecified atom stereocenters. The molecule has 0 fully saturated rings. The van der Waals surface area contributed by atoms with Crippen molar-refractivity contribution in [2.45, 2.75) is 0 Å². The van der Waals surface area contributed by atoms with Crippen molar-refractivity contribution in [3.8, 4) is 51.0 Å². The first kappa shape index (κ1) is 24.3. The van der Waals surface area contributed by atoms with Crippen LogP contribution in [0.25, 0.3) is 94.3 Å². The topological polar surface area (TPSA) is 43.6 Å². The second kappa shape index (κ2) is 9.18. The molecule has 0 saturated carbocycles. The largest absolute Gasteiger partial charge is 0.277 e. The molecule has 1 aliphatic carbocycles. The highest BCUT2D eigenvalue weighted by atomic mass is 15.2. The molecule has 7 aromatic carbocycles. The molecule has 1 aliphatic rings. The SMILES string of the molecule is c1ccc(-c2nc(-c3ccc4c(c3)-c3cccc5cccc-4c35)nc(-n3c4ccccc4c4ccc5ccccc5c43)n2)cc1. The normalized spacial score (nSPS) is 12.0. The highest BCUT2D eigenvalue weighted by Gasteiger charge is 2.23. The van der Waals surface area contributed by atoms with Crippen LogP contribution >= 0.6 is 0 Å². The summed E-state index contributed by atoms with van der Waals surface area (Å²) in [6, 6.07) is 51.4. The number of hydrogen-bond acceptors (Lipinski definition) is 3. The van der Waals surface area contributed by atoms with Gasteiger partial charge in [0.15, 0.2) is 11.6 Å². The Labute approximate surface area is 258 Å². The zero-order valence-corrected chi connectivity index (χ0v) is 24.1. The molecule has 0 radical (unpaired) electrons. The van der Waals surface area contributed by atoms with Gasteiger partial charge in [-0.15, -0.1) is 0 Å². The first-order valence-corrected chi connectivity index (χ1v) is 15.2.